The lowest BCUT2D eigenvalue weighted by Gasteiger charge is -2.02. The van der Waals surface area contributed by atoms with Crippen LogP contribution in [0.25, 0.3) is 0 Å². The summed E-state index contributed by atoms with van der Waals surface area (Å²) in [5.41, 5.74) is 1.18. The summed E-state index contributed by atoms with van der Waals surface area (Å²) in [5.74, 6) is -0.0528. The quantitative estimate of drug-likeness (QED) is 0.267. The van der Waals surface area contributed by atoms with Gasteiger partial charge in [-0.15, -0.1) is 0 Å². The van der Waals surface area contributed by atoms with Gasteiger partial charge in [0.15, 0.2) is 6.21 Å². The number of alkyl halides is 1. The molecule has 0 fully saturated rings. The van der Waals surface area contributed by atoms with Crippen molar-refractivity contribution in [2.24, 2.45) is 5.16 Å². The van der Waals surface area contributed by atoms with Crippen molar-refractivity contribution in [1.82, 2.24) is 0 Å². The molecule has 0 radical (unpaired) electrons. The summed E-state index contributed by atoms with van der Waals surface area (Å²) >= 11 is 3.36. The fraction of sp³-hybridized carbons (Fsp3) is 0.333. The molecular formula is C12H14BrNO3. The van der Waals surface area contributed by atoms with E-state index in [0.717, 1.165) is 18.0 Å². The number of esters is 1. The molecule has 0 aliphatic carbocycles. The molecule has 0 bridgehead atoms. The van der Waals surface area contributed by atoms with E-state index in [-0.39, 0.29) is 0 Å². The highest BCUT2D eigenvalue weighted by molar-refractivity contribution is 9.09. The van der Waals surface area contributed by atoms with Crippen LogP contribution in [0.2, 0.25) is 0 Å². The van der Waals surface area contributed by atoms with Crippen molar-refractivity contribution in [3.05, 3.63) is 29.8 Å². The number of oxime groups is 1. The Morgan fingerprint density at radius 3 is 2.71 bits per heavy atom. The van der Waals surface area contributed by atoms with Gasteiger partial charge in [-0.2, -0.15) is 0 Å². The van der Waals surface area contributed by atoms with Crippen LogP contribution in [0.1, 0.15) is 12.5 Å². The highest BCUT2D eigenvalue weighted by atomic mass is 79.9. The van der Waals surface area contributed by atoms with Gasteiger partial charge in [-0.25, -0.2) is 4.79 Å². The molecule has 1 aromatic carbocycles. The summed E-state index contributed by atoms with van der Waals surface area (Å²) in [5, 5.41) is 4.34. The number of benzene rings is 1. The molecule has 5 heteroatoms. The zero-order valence-electron chi connectivity index (χ0n) is 9.56. The topological polar surface area (TPSA) is 47.9 Å². The Balaban J connectivity index is 2.48. The number of aryl methyl sites for hydroxylation is 1. The van der Waals surface area contributed by atoms with Crippen molar-refractivity contribution in [2.45, 2.75) is 13.3 Å². The van der Waals surface area contributed by atoms with Crippen molar-refractivity contribution < 1.29 is 14.4 Å². The normalized spacial score (nSPS) is 10.5. The third-order valence-electron chi connectivity index (χ3n) is 1.89. The van der Waals surface area contributed by atoms with Crippen LogP contribution in [0.4, 0.5) is 0 Å². The fourth-order valence-electron chi connectivity index (χ4n) is 1.13. The van der Waals surface area contributed by atoms with Crippen molar-refractivity contribution in [1.29, 1.82) is 0 Å². The minimum Gasteiger partial charge on any atom is -0.422 e. The molecule has 0 saturated carbocycles. The SMILES string of the molecule is CCON=CC(=O)Oc1ccc(CCBr)cc1. The molecule has 0 unspecified atom stereocenters. The molecule has 0 atom stereocenters. The van der Waals surface area contributed by atoms with Gasteiger partial charge in [0.05, 0.1) is 0 Å². The first-order chi connectivity index (χ1) is 8.26. The largest absolute Gasteiger partial charge is 0.422 e. The third-order valence-corrected chi connectivity index (χ3v) is 2.28. The lowest BCUT2D eigenvalue weighted by atomic mass is 10.2. The summed E-state index contributed by atoms with van der Waals surface area (Å²) in [7, 11) is 0. The average Bonchev–Trinajstić information content (AvgIpc) is 2.32. The van der Waals surface area contributed by atoms with Crippen LogP contribution in [-0.2, 0) is 16.1 Å². The zero-order chi connectivity index (χ0) is 12.5. The number of hydrogen-bond donors (Lipinski definition) is 0. The van der Waals surface area contributed by atoms with E-state index in [4.69, 9.17) is 4.74 Å². The minimum absolute atomic E-state index is 0.422. The van der Waals surface area contributed by atoms with Gasteiger partial charge in [0.2, 0.25) is 0 Å². The predicted octanol–water partition coefficient (Wildman–Crippen LogP) is 2.55. The summed E-state index contributed by atoms with van der Waals surface area (Å²) in [6.07, 6.45) is 1.95. The number of ether oxygens (including phenoxy) is 1. The van der Waals surface area contributed by atoms with E-state index < -0.39 is 5.97 Å². The number of hydrogen-bond acceptors (Lipinski definition) is 4. The zero-order valence-corrected chi connectivity index (χ0v) is 11.1. The Hall–Kier alpha value is -1.36. The lowest BCUT2D eigenvalue weighted by Crippen LogP contribution is -2.09. The lowest BCUT2D eigenvalue weighted by molar-refractivity contribution is -0.126. The van der Waals surface area contributed by atoms with Crippen molar-refractivity contribution in [2.75, 3.05) is 11.9 Å². The second kappa shape index (κ2) is 7.84. The molecule has 1 aromatic rings. The van der Waals surface area contributed by atoms with E-state index in [2.05, 4.69) is 25.9 Å². The first-order valence-electron chi connectivity index (χ1n) is 5.28. The monoisotopic (exact) mass is 299 g/mol. The Labute approximate surface area is 109 Å². The van der Waals surface area contributed by atoms with Crippen LogP contribution in [0.15, 0.2) is 29.4 Å². The minimum atomic E-state index is -0.549. The summed E-state index contributed by atoms with van der Waals surface area (Å²) in [4.78, 5) is 15.9. The van der Waals surface area contributed by atoms with Gasteiger partial charge >= 0.3 is 5.97 Å². The number of halogens is 1. The first-order valence-corrected chi connectivity index (χ1v) is 6.40. The van der Waals surface area contributed by atoms with Gasteiger partial charge in [0.1, 0.15) is 12.4 Å². The van der Waals surface area contributed by atoms with Gasteiger partial charge in [-0.05, 0) is 31.0 Å². The molecule has 4 nitrogen and oxygen atoms in total. The maximum absolute atomic E-state index is 11.2. The molecule has 17 heavy (non-hydrogen) atoms. The van der Waals surface area contributed by atoms with Crippen molar-refractivity contribution in [3.8, 4) is 5.75 Å². The van der Waals surface area contributed by atoms with Crippen LogP contribution in [-0.4, -0.2) is 24.1 Å². The molecule has 0 spiro atoms. The van der Waals surface area contributed by atoms with Crippen LogP contribution in [0.5, 0.6) is 5.75 Å². The summed E-state index contributed by atoms with van der Waals surface area (Å²) in [6, 6.07) is 7.35. The van der Waals surface area contributed by atoms with Crippen molar-refractivity contribution in [3.63, 3.8) is 0 Å². The van der Waals surface area contributed by atoms with Gasteiger partial charge < -0.3 is 9.57 Å². The van der Waals surface area contributed by atoms with Crippen LogP contribution < -0.4 is 4.74 Å². The Kier molecular flexibility index (Phi) is 6.32. The van der Waals surface area contributed by atoms with Gasteiger partial charge in [0.25, 0.3) is 0 Å². The standard InChI is InChI=1S/C12H14BrNO3/c1-2-16-14-9-12(15)17-11-5-3-10(4-6-11)7-8-13/h3-6,9H,2,7-8H2,1H3. The number of carbonyl (C=O) groups excluding carboxylic acids is 1. The summed E-state index contributed by atoms with van der Waals surface area (Å²) in [6.45, 7) is 2.20. The molecule has 1 rings (SSSR count). The second-order valence-corrected chi connectivity index (χ2v) is 3.95. The third kappa shape index (κ3) is 5.49. The fourth-order valence-corrected chi connectivity index (χ4v) is 1.59. The molecule has 0 saturated heterocycles. The number of carbonyl (C=O) groups is 1. The average molecular weight is 300 g/mol. The predicted molar refractivity (Wildman–Crippen MR) is 69.7 cm³/mol. The van der Waals surface area contributed by atoms with E-state index >= 15 is 0 Å². The maximum Gasteiger partial charge on any atom is 0.358 e. The highest BCUT2D eigenvalue weighted by Gasteiger charge is 2.01. The second-order valence-electron chi connectivity index (χ2n) is 3.16. The van der Waals surface area contributed by atoms with E-state index in [1.807, 2.05) is 12.1 Å². The molecule has 0 N–H and O–H groups in total. The molecule has 92 valence electrons. The smallest absolute Gasteiger partial charge is 0.358 e. The molecule has 0 heterocycles. The van der Waals surface area contributed by atoms with E-state index in [0.29, 0.717) is 12.4 Å². The number of nitrogens with zero attached hydrogens (tertiary/aromatic N) is 1. The number of rotatable bonds is 6. The van der Waals surface area contributed by atoms with E-state index in [9.17, 15) is 4.79 Å². The van der Waals surface area contributed by atoms with Gasteiger partial charge in [-0.3, -0.25) is 0 Å². The van der Waals surface area contributed by atoms with Gasteiger partial charge in [0, 0.05) is 5.33 Å². The Bertz CT molecular complexity index is 376. The highest BCUT2D eigenvalue weighted by Crippen LogP contribution is 2.13. The van der Waals surface area contributed by atoms with E-state index in [1.54, 1.807) is 19.1 Å². The van der Waals surface area contributed by atoms with E-state index in [1.165, 1.54) is 5.56 Å². The first kappa shape index (κ1) is 13.7. The molecule has 0 aliphatic heterocycles. The Morgan fingerprint density at radius 2 is 2.12 bits per heavy atom. The van der Waals surface area contributed by atoms with Crippen molar-refractivity contribution >= 4 is 28.1 Å². The molecule has 0 aromatic heterocycles. The Morgan fingerprint density at radius 1 is 1.41 bits per heavy atom. The molecule has 0 aliphatic rings. The van der Waals surface area contributed by atoms with Gasteiger partial charge in [-0.1, -0.05) is 33.2 Å². The maximum atomic E-state index is 11.2. The molecule has 0 amide bonds. The van der Waals surface area contributed by atoms with Crippen LogP contribution >= 0.6 is 15.9 Å². The van der Waals surface area contributed by atoms with Crippen LogP contribution in [0.3, 0.4) is 0 Å². The summed E-state index contributed by atoms with van der Waals surface area (Å²) < 4.78 is 5.01. The molecular weight excluding hydrogens is 286 g/mol. The van der Waals surface area contributed by atoms with Crippen LogP contribution in [0, 0.1) is 0 Å².